The molecule has 1 aromatic rings. The lowest BCUT2D eigenvalue weighted by atomic mass is 9.85. The highest BCUT2D eigenvalue weighted by atomic mass is 16.2. The third-order valence-corrected chi connectivity index (χ3v) is 4.44. The number of carbonyl (C=O) groups excluding carboxylic acids is 2. The van der Waals surface area contributed by atoms with Crippen molar-refractivity contribution in [1.82, 2.24) is 10.6 Å². The van der Waals surface area contributed by atoms with Gasteiger partial charge in [-0.05, 0) is 22.5 Å². The molecule has 0 radical (unpaired) electrons. The summed E-state index contributed by atoms with van der Waals surface area (Å²) in [7, 11) is 0. The smallest absolute Gasteiger partial charge is 0.225 e. The maximum atomic E-state index is 12.3. The first-order valence-electron chi connectivity index (χ1n) is 9.50. The third-order valence-electron chi connectivity index (χ3n) is 4.44. The van der Waals surface area contributed by atoms with Gasteiger partial charge >= 0.3 is 0 Å². The Balaban J connectivity index is 2.68. The first-order valence-corrected chi connectivity index (χ1v) is 9.50. The summed E-state index contributed by atoms with van der Waals surface area (Å²) < 4.78 is 0. The number of nitrogens with one attached hydrogen (secondary N) is 2. The van der Waals surface area contributed by atoms with E-state index < -0.39 is 5.41 Å². The van der Waals surface area contributed by atoms with Gasteiger partial charge in [-0.3, -0.25) is 9.59 Å². The van der Waals surface area contributed by atoms with Crippen molar-refractivity contribution in [3.63, 3.8) is 0 Å². The van der Waals surface area contributed by atoms with E-state index in [1.54, 1.807) is 0 Å². The Morgan fingerprint density at radius 3 is 1.92 bits per heavy atom. The van der Waals surface area contributed by atoms with Crippen LogP contribution < -0.4 is 10.6 Å². The van der Waals surface area contributed by atoms with Gasteiger partial charge < -0.3 is 10.6 Å². The number of carbonyl (C=O) groups is 2. The molecule has 1 rings (SSSR count). The van der Waals surface area contributed by atoms with Crippen LogP contribution in [0.2, 0.25) is 0 Å². The Morgan fingerprint density at radius 1 is 0.962 bits per heavy atom. The van der Waals surface area contributed by atoms with Crippen LogP contribution in [0, 0.1) is 11.3 Å². The minimum atomic E-state index is -0.439. The van der Waals surface area contributed by atoms with Crippen molar-refractivity contribution >= 4 is 11.8 Å². The Hall–Kier alpha value is -1.84. The molecular weight excluding hydrogens is 324 g/mol. The fourth-order valence-electron chi connectivity index (χ4n) is 2.63. The molecule has 4 nitrogen and oxygen atoms in total. The molecule has 0 spiro atoms. The van der Waals surface area contributed by atoms with Crippen LogP contribution in [0.1, 0.15) is 79.0 Å². The summed E-state index contributed by atoms with van der Waals surface area (Å²) in [4.78, 5) is 24.2. The number of hydrogen-bond donors (Lipinski definition) is 2. The van der Waals surface area contributed by atoms with Crippen molar-refractivity contribution < 1.29 is 9.59 Å². The molecule has 0 saturated heterocycles. The van der Waals surface area contributed by atoms with Gasteiger partial charge in [0.15, 0.2) is 0 Å². The van der Waals surface area contributed by atoms with Crippen molar-refractivity contribution in [2.24, 2.45) is 11.3 Å². The normalized spacial score (nSPS) is 13.4. The highest BCUT2D eigenvalue weighted by Gasteiger charge is 2.22. The van der Waals surface area contributed by atoms with Gasteiger partial charge in [0.2, 0.25) is 11.8 Å². The van der Waals surface area contributed by atoms with E-state index in [1.807, 2.05) is 20.8 Å². The summed E-state index contributed by atoms with van der Waals surface area (Å²) >= 11 is 0. The molecule has 0 fully saturated rings. The molecule has 0 saturated carbocycles. The third kappa shape index (κ3) is 6.81. The maximum absolute atomic E-state index is 12.3. The van der Waals surface area contributed by atoms with Crippen molar-refractivity contribution in [3.05, 3.63) is 35.4 Å². The number of rotatable bonds is 6. The molecule has 2 N–H and O–H groups in total. The summed E-state index contributed by atoms with van der Waals surface area (Å²) in [5.74, 6) is 0.199. The summed E-state index contributed by atoms with van der Waals surface area (Å²) in [6.07, 6.45) is 0.283. The molecule has 0 aliphatic rings. The van der Waals surface area contributed by atoms with Gasteiger partial charge in [0, 0.05) is 18.4 Å². The number of hydrogen-bond acceptors (Lipinski definition) is 2. The average molecular weight is 361 g/mol. The second-order valence-corrected chi connectivity index (χ2v) is 9.42. The van der Waals surface area contributed by atoms with Gasteiger partial charge in [-0.1, -0.05) is 79.7 Å². The van der Waals surface area contributed by atoms with Gasteiger partial charge in [-0.15, -0.1) is 0 Å². The predicted octanol–water partition coefficient (Wildman–Crippen LogP) is 4.35. The first-order chi connectivity index (χ1) is 11.8. The van der Waals surface area contributed by atoms with E-state index in [0.717, 1.165) is 5.56 Å². The van der Waals surface area contributed by atoms with Crippen LogP contribution in [-0.4, -0.2) is 18.4 Å². The van der Waals surface area contributed by atoms with E-state index in [4.69, 9.17) is 0 Å². The van der Waals surface area contributed by atoms with Crippen LogP contribution in [0.25, 0.3) is 0 Å². The molecule has 0 aromatic heterocycles. The zero-order chi connectivity index (χ0) is 20.1. The zero-order valence-corrected chi connectivity index (χ0v) is 17.7. The minimum absolute atomic E-state index is 0.0326. The lowest BCUT2D eigenvalue weighted by Gasteiger charge is -2.25. The van der Waals surface area contributed by atoms with Crippen LogP contribution in [0.4, 0.5) is 0 Å². The van der Waals surface area contributed by atoms with E-state index in [9.17, 15) is 9.59 Å². The molecule has 1 aromatic carbocycles. The highest BCUT2D eigenvalue weighted by molar-refractivity contribution is 5.82. The molecule has 1 atom stereocenters. The minimum Gasteiger partial charge on any atom is -0.355 e. The molecule has 0 aliphatic heterocycles. The SMILES string of the molecule is CC(C)[C@H](NC(=O)CCNC(=O)C(C)(C)C)c1ccc(C(C)(C)C)cc1. The fourth-order valence-corrected chi connectivity index (χ4v) is 2.63. The fraction of sp³-hybridized carbons (Fsp3) is 0.636. The predicted molar refractivity (Wildman–Crippen MR) is 108 cm³/mol. The standard InChI is InChI=1S/C22H36N2O2/c1-15(2)19(16-9-11-17(12-10-16)21(3,4)5)24-18(25)13-14-23-20(26)22(6,7)8/h9-12,15,19H,13-14H2,1-8H3,(H,23,26)(H,24,25)/t19-/m0/s1. The molecule has 2 amide bonds. The lowest BCUT2D eigenvalue weighted by molar-refractivity contribution is -0.128. The first kappa shape index (κ1) is 22.2. The maximum Gasteiger partial charge on any atom is 0.225 e. The second kappa shape index (κ2) is 8.70. The van der Waals surface area contributed by atoms with Gasteiger partial charge in [-0.25, -0.2) is 0 Å². The average Bonchev–Trinajstić information content (AvgIpc) is 2.50. The quantitative estimate of drug-likeness (QED) is 0.792. The van der Waals surface area contributed by atoms with Gasteiger partial charge in [-0.2, -0.15) is 0 Å². The van der Waals surface area contributed by atoms with E-state index in [-0.39, 0.29) is 35.6 Å². The molecule has 0 unspecified atom stereocenters. The largest absolute Gasteiger partial charge is 0.355 e. The molecule has 0 heterocycles. The topological polar surface area (TPSA) is 58.2 Å². The van der Waals surface area contributed by atoms with Crippen LogP contribution >= 0.6 is 0 Å². The number of benzene rings is 1. The van der Waals surface area contributed by atoms with Crippen molar-refractivity contribution in [2.45, 2.75) is 73.3 Å². The van der Waals surface area contributed by atoms with Crippen LogP contribution in [0.3, 0.4) is 0 Å². The second-order valence-electron chi connectivity index (χ2n) is 9.42. The van der Waals surface area contributed by atoms with E-state index in [0.29, 0.717) is 6.54 Å². The molecule has 26 heavy (non-hydrogen) atoms. The molecular formula is C22H36N2O2. The van der Waals surface area contributed by atoms with Crippen molar-refractivity contribution in [2.75, 3.05) is 6.54 Å². The Labute approximate surface area is 159 Å². The van der Waals surface area contributed by atoms with E-state index >= 15 is 0 Å². The highest BCUT2D eigenvalue weighted by Crippen LogP contribution is 2.26. The summed E-state index contributed by atoms with van der Waals surface area (Å²) in [6, 6.07) is 8.45. The summed E-state index contributed by atoms with van der Waals surface area (Å²) in [6.45, 7) is 16.7. The Morgan fingerprint density at radius 2 is 1.50 bits per heavy atom. The van der Waals surface area contributed by atoms with Gasteiger partial charge in [0.1, 0.15) is 0 Å². The van der Waals surface area contributed by atoms with Crippen LogP contribution in [0.15, 0.2) is 24.3 Å². The Bertz CT molecular complexity index is 605. The summed E-state index contributed by atoms with van der Waals surface area (Å²) in [5, 5.41) is 5.93. The lowest BCUT2D eigenvalue weighted by Crippen LogP contribution is -2.38. The molecule has 146 valence electrons. The van der Waals surface area contributed by atoms with E-state index in [1.165, 1.54) is 5.56 Å². The molecule has 0 aliphatic carbocycles. The van der Waals surface area contributed by atoms with Gasteiger partial charge in [0.05, 0.1) is 6.04 Å². The van der Waals surface area contributed by atoms with Gasteiger partial charge in [0.25, 0.3) is 0 Å². The number of amides is 2. The molecule has 4 heteroatoms. The van der Waals surface area contributed by atoms with Crippen molar-refractivity contribution in [3.8, 4) is 0 Å². The Kier molecular flexibility index (Phi) is 7.43. The van der Waals surface area contributed by atoms with Crippen LogP contribution in [-0.2, 0) is 15.0 Å². The summed E-state index contributed by atoms with van der Waals surface area (Å²) in [5.41, 5.74) is 2.06. The monoisotopic (exact) mass is 360 g/mol. The van der Waals surface area contributed by atoms with Crippen LogP contribution in [0.5, 0.6) is 0 Å². The van der Waals surface area contributed by atoms with Crippen molar-refractivity contribution in [1.29, 1.82) is 0 Å². The molecule has 0 bridgehead atoms. The zero-order valence-electron chi connectivity index (χ0n) is 17.7. The van der Waals surface area contributed by atoms with E-state index in [2.05, 4.69) is 69.5 Å².